The van der Waals surface area contributed by atoms with Crippen LogP contribution in [0.3, 0.4) is 0 Å². The van der Waals surface area contributed by atoms with Crippen LogP contribution in [0.25, 0.3) is 0 Å². The quantitative estimate of drug-likeness (QED) is 0.921. The van der Waals surface area contributed by atoms with E-state index in [4.69, 9.17) is 0 Å². The van der Waals surface area contributed by atoms with Crippen LogP contribution < -0.4 is 4.72 Å². The lowest BCUT2D eigenvalue weighted by Crippen LogP contribution is -2.30. The van der Waals surface area contributed by atoms with Crippen molar-refractivity contribution in [2.75, 3.05) is 5.75 Å². The molecule has 1 unspecified atom stereocenters. The van der Waals surface area contributed by atoms with Crippen molar-refractivity contribution in [1.82, 2.24) is 9.71 Å². The van der Waals surface area contributed by atoms with Gasteiger partial charge < -0.3 is 0 Å². The average molecular weight is 302 g/mol. The molecule has 1 heterocycles. The van der Waals surface area contributed by atoms with E-state index in [0.717, 1.165) is 24.1 Å². The molecule has 1 aliphatic rings. The number of aryl methyl sites for hydroxylation is 2. The second-order valence-electron chi connectivity index (χ2n) is 5.30. The molecule has 0 aliphatic heterocycles. The first-order valence-electron chi connectivity index (χ1n) is 7.12. The average Bonchev–Trinajstić information content (AvgIpc) is 2.89. The lowest BCUT2D eigenvalue weighted by atomic mass is 10.1. The summed E-state index contributed by atoms with van der Waals surface area (Å²) in [4.78, 5) is 4.16. The fourth-order valence-corrected chi connectivity index (χ4v) is 4.01. The highest BCUT2D eigenvalue weighted by Gasteiger charge is 2.25. The summed E-state index contributed by atoms with van der Waals surface area (Å²) in [6, 6.07) is 13.5. The summed E-state index contributed by atoms with van der Waals surface area (Å²) < 4.78 is 27.3. The number of aromatic nitrogens is 1. The van der Waals surface area contributed by atoms with Gasteiger partial charge in [-0.15, -0.1) is 0 Å². The van der Waals surface area contributed by atoms with E-state index < -0.39 is 10.0 Å². The normalized spacial score (nSPS) is 17.6. The summed E-state index contributed by atoms with van der Waals surface area (Å²) in [6.45, 7) is 0. The first-order valence-corrected chi connectivity index (χ1v) is 8.77. The maximum atomic E-state index is 12.2. The molecular formula is C16H18N2O2S. The second kappa shape index (κ2) is 5.95. The maximum Gasteiger partial charge on any atom is 0.212 e. The van der Waals surface area contributed by atoms with Crippen LogP contribution in [-0.4, -0.2) is 19.2 Å². The van der Waals surface area contributed by atoms with Crippen LogP contribution in [0.2, 0.25) is 0 Å². The van der Waals surface area contributed by atoms with E-state index in [1.807, 2.05) is 36.4 Å². The van der Waals surface area contributed by atoms with E-state index in [0.29, 0.717) is 6.42 Å². The Labute approximate surface area is 125 Å². The summed E-state index contributed by atoms with van der Waals surface area (Å²) in [5.74, 6) is 0.0721. The fourth-order valence-electron chi connectivity index (χ4n) is 2.74. The van der Waals surface area contributed by atoms with Crippen molar-refractivity contribution >= 4 is 10.0 Å². The lowest BCUT2D eigenvalue weighted by Gasteiger charge is -2.14. The Balaban J connectivity index is 1.65. The number of benzene rings is 1. The highest BCUT2D eigenvalue weighted by Crippen LogP contribution is 2.31. The molecule has 21 heavy (non-hydrogen) atoms. The molecular weight excluding hydrogens is 284 g/mol. The number of nitrogens with zero attached hydrogens (tertiary/aromatic N) is 1. The molecule has 1 aromatic carbocycles. The van der Waals surface area contributed by atoms with Crippen LogP contribution in [0.5, 0.6) is 0 Å². The zero-order chi connectivity index (χ0) is 14.7. The summed E-state index contributed by atoms with van der Waals surface area (Å²) in [6.07, 6.45) is 3.89. The maximum absolute atomic E-state index is 12.2. The predicted octanol–water partition coefficient (Wildman–Crippen LogP) is 2.23. The fraction of sp³-hybridized carbons (Fsp3) is 0.312. The molecule has 1 atom stereocenters. The Kier molecular flexibility index (Phi) is 4.03. The molecule has 1 aliphatic carbocycles. The number of hydrogen-bond donors (Lipinski definition) is 1. The Morgan fingerprint density at radius 1 is 1.14 bits per heavy atom. The number of sulfonamides is 1. The van der Waals surface area contributed by atoms with Gasteiger partial charge in [-0.25, -0.2) is 13.1 Å². The molecule has 1 aromatic heterocycles. The molecule has 3 rings (SSSR count). The van der Waals surface area contributed by atoms with E-state index in [9.17, 15) is 8.42 Å². The van der Waals surface area contributed by atoms with Crippen LogP contribution in [-0.2, 0) is 22.9 Å². The minimum atomic E-state index is -3.30. The van der Waals surface area contributed by atoms with Gasteiger partial charge in [-0.1, -0.05) is 30.3 Å². The minimum absolute atomic E-state index is 0.0721. The minimum Gasteiger partial charge on any atom is -0.261 e. The van der Waals surface area contributed by atoms with Gasteiger partial charge in [0.1, 0.15) is 0 Å². The van der Waals surface area contributed by atoms with Crippen molar-refractivity contribution in [2.45, 2.75) is 25.3 Å². The van der Waals surface area contributed by atoms with Crippen molar-refractivity contribution in [2.24, 2.45) is 0 Å². The SMILES string of the molecule is O=S(=O)(CCc1ccccn1)NC1CCc2ccccc21. The molecule has 2 aromatic rings. The van der Waals surface area contributed by atoms with Gasteiger partial charge in [-0.05, 0) is 36.1 Å². The van der Waals surface area contributed by atoms with Crippen LogP contribution in [0.15, 0.2) is 48.7 Å². The molecule has 5 heteroatoms. The summed E-state index contributed by atoms with van der Waals surface area (Å²) >= 11 is 0. The standard InChI is InChI=1S/C16H18N2O2S/c19-21(20,12-10-14-6-3-4-11-17-14)18-16-9-8-13-5-1-2-7-15(13)16/h1-7,11,16,18H,8-10,12H2. The van der Waals surface area contributed by atoms with Crippen molar-refractivity contribution in [3.8, 4) is 0 Å². The molecule has 4 nitrogen and oxygen atoms in total. The van der Waals surface area contributed by atoms with Crippen molar-refractivity contribution in [3.05, 3.63) is 65.5 Å². The van der Waals surface area contributed by atoms with Gasteiger partial charge in [0.15, 0.2) is 0 Å². The predicted molar refractivity (Wildman–Crippen MR) is 82.4 cm³/mol. The van der Waals surface area contributed by atoms with Crippen LogP contribution >= 0.6 is 0 Å². The Morgan fingerprint density at radius 2 is 1.95 bits per heavy atom. The van der Waals surface area contributed by atoms with Gasteiger partial charge in [-0.3, -0.25) is 4.98 Å². The summed E-state index contributed by atoms with van der Waals surface area (Å²) in [5, 5.41) is 0. The van der Waals surface area contributed by atoms with Crippen molar-refractivity contribution < 1.29 is 8.42 Å². The third-order valence-corrected chi connectivity index (χ3v) is 5.19. The molecule has 0 spiro atoms. The zero-order valence-electron chi connectivity index (χ0n) is 11.7. The van der Waals surface area contributed by atoms with Crippen LogP contribution in [0.1, 0.15) is 29.3 Å². The largest absolute Gasteiger partial charge is 0.261 e. The Morgan fingerprint density at radius 3 is 2.76 bits per heavy atom. The number of pyridine rings is 1. The Hall–Kier alpha value is -1.72. The number of fused-ring (bicyclic) bond motifs is 1. The molecule has 0 saturated carbocycles. The second-order valence-corrected chi connectivity index (χ2v) is 7.17. The first-order chi connectivity index (χ1) is 10.1. The third kappa shape index (κ3) is 3.49. The van der Waals surface area contributed by atoms with E-state index in [1.165, 1.54) is 5.56 Å². The topological polar surface area (TPSA) is 59.1 Å². The monoisotopic (exact) mass is 302 g/mol. The number of nitrogens with one attached hydrogen (secondary N) is 1. The molecule has 0 bridgehead atoms. The highest BCUT2D eigenvalue weighted by molar-refractivity contribution is 7.89. The summed E-state index contributed by atoms with van der Waals surface area (Å²) in [5.41, 5.74) is 3.16. The van der Waals surface area contributed by atoms with Gasteiger partial charge in [0, 0.05) is 24.4 Å². The lowest BCUT2D eigenvalue weighted by molar-refractivity contribution is 0.553. The van der Waals surface area contributed by atoms with E-state index in [2.05, 4.69) is 15.8 Å². The molecule has 110 valence electrons. The first kappa shape index (κ1) is 14.2. The molecule has 0 radical (unpaired) electrons. The smallest absolute Gasteiger partial charge is 0.212 e. The number of hydrogen-bond acceptors (Lipinski definition) is 3. The van der Waals surface area contributed by atoms with Crippen LogP contribution in [0, 0.1) is 0 Å². The molecule has 0 amide bonds. The highest BCUT2D eigenvalue weighted by atomic mass is 32.2. The zero-order valence-corrected chi connectivity index (χ0v) is 12.5. The van der Waals surface area contributed by atoms with Crippen molar-refractivity contribution in [1.29, 1.82) is 0 Å². The molecule has 0 saturated heterocycles. The van der Waals surface area contributed by atoms with Gasteiger partial charge in [0.2, 0.25) is 10.0 Å². The van der Waals surface area contributed by atoms with Gasteiger partial charge in [0.25, 0.3) is 0 Å². The summed E-state index contributed by atoms with van der Waals surface area (Å²) in [7, 11) is -3.30. The third-order valence-electron chi connectivity index (χ3n) is 3.81. The van der Waals surface area contributed by atoms with Gasteiger partial charge in [0.05, 0.1) is 5.75 Å². The molecule has 0 fully saturated rings. The van der Waals surface area contributed by atoms with Crippen molar-refractivity contribution in [3.63, 3.8) is 0 Å². The van der Waals surface area contributed by atoms with E-state index in [-0.39, 0.29) is 11.8 Å². The van der Waals surface area contributed by atoms with Crippen LogP contribution in [0.4, 0.5) is 0 Å². The Bertz CT molecular complexity index is 714. The van der Waals surface area contributed by atoms with Gasteiger partial charge >= 0.3 is 0 Å². The van der Waals surface area contributed by atoms with E-state index >= 15 is 0 Å². The van der Waals surface area contributed by atoms with E-state index in [1.54, 1.807) is 6.20 Å². The molecule has 1 N–H and O–H groups in total. The van der Waals surface area contributed by atoms with Gasteiger partial charge in [-0.2, -0.15) is 0 Å². The number of rotatable bonds is 5.